The maximum atomic E-state index is 10.8. The van der Waals surface area contributed by atoms with Crippen molar-refractivity contribution in [3.63, 3.8) is 0 Å². The van der Waals surface area contributed by atoms with Crippen molar-refractivity contribution in [1.29, 1.82) is 0 Å². The lowest BCUT2D eigenvalue weighted by Gasteiger charge is -2.18. The van der Waals surface area contributed by atoms with Crippen LogP contribution < -0.4 is 0 Å². The molecule has 0 aliphatic heterocycles. The number of aliphatic hydroxyl groups is 1. The largest absolute Gasteiger partial charge is 0.392 e. The van der Waals surface area contributed by atoms with E-state index in [4.69, 9.17) is 0 Å². The molecule has 94 valence electrons. The molecule has 1 aromatic rings. The van der Waals surface area contributed by atoms with Crippen LogP contribution in [0.15, 0.2) is 22.7 Å². The lowest BCUT2D eigenvalue weighted by molar-refractivity contribution is -0.385. The van der Waals surface area contributed by atoms with Gasteiger partial charge in [-0.1, -0.05) is 12.1 Å². The number of likely N-dealkylation sites (N-methyl/N-ethyl adjacent to an activating group) is 1. The van der Waals surface area contributed by atoms with E-state index in [2.05, 4.69) is 15.9 Å². The van der Waals surface area contributed by atoms with E-state index in [9.17, 15) is 15.2 Å². The molecule has 0 aliphatic rings. The normalized spacial score (nSPS) is 12.8. The maximum absolute atomic E-state index is 10.8. The summed E-state index contributed by atoms with van der Waals surface area (Å²) in [5, 5.41) is 20.0. The molecular weight excluding hydrogens is 288 g/mol. The van der Waals surface area contributed by atoms with Crippen LogP contribution in [0.5, 0.6) is 0 Å². The lowest BCUT2D eigenvalue weighted by atomic mass is 10.2. The number of rotatable bonds is 5. The van der Waals surface area contributed by atoms with E-state index in [0.29, 0.717) is 17.6 Å². The topological polar surface area (TPSA) is 66.6 Å². The highest BCUT2D eigenvalue weighted by atomic mass is 79.9. The molecule has 0 spiro atoms. The van der Waals surface area contributed by atoms with Crippen molar-refractivity contribution in [2.24, 2.45) is 0 Å². The van der Waals surface area contributed by atoms with Crippen molar-refractivity contribution in [1.82, 2.24) is 4.90 Å². The fraction of sp³-hybridized carbons (Fsp3) is 0.455. The molecule has 0 fully saturated rings. The van der Waals surface area contributed by atoms with Crippen LogP contribution in [-0.4, -0.2) is 34.6 Å². The Kier molecular flexibility index (Phi) is 5.04. The van der Waals surface area contributed by atoms with Crippen LogP contribution in [0, 0.1) is 10.1 Å². The number of hydrogen-bond acceptors (Lipinski definition) is 4. The van der Waals surface area contributed by atoms with Gasteiger partial charge >= 0.3 is 0 Å². The predicted molar refractivity (Wildman–Crippen MR) is 68.8 cm³/mol. The summed E-state index contributed by atoms with van der Waals surface area (Å²) in [6.45, 7) is 2.78. The first-order chi connectivity index (χ1) is 7.91. The Morgan fingerprint density at radius 1 is 1.59 bits per heavy atom. The molecular formula is C11H15BrN2O3. The van der Waals surface area contributed by atoms with Gasteiger partial charge < -0.3 is 5.11 Å². The van der Waals surface area contributed by atoms with Crippen molar-refractivity contribution in [3.8, 4) is 0 Å². The van der Waals surface area contributed by atoms with Gasteiger partial charge in [-0.2, -0.15) is 0 Å². The van der Waals surface area contributed by atoms with Crippen LogP contribution in [-0.2, 0) is 6.54 Å². The Morgan fingerprint density at radius 2 is 2.24 bits per heavy atom. The van der Waals surface area contributed by atoms with Crippen LogP contribution >= 0.6 is 15.9 Å². The van der Waals surface area contributed by atoms with Crippen molar-refractivity contribution in [2.75, 3.05) is 13.6 Å². The van der Waals surface area contributed by atoms with Gasteiger partial charge in [-0.25, -0.2) is 0 Å². The summed E-state index contributed by atoms with van der Waals surface area (Å²) in [5.41, 5.74) is 0.898. The number of aliphatic hydroxyl groups excluding tert-OH is 1. The summed E-state index contributed by atoms with van der Waals surface area (Å²) in [7, 11) is 1.86. The summed E-state index contributed by atoms with van der Waals surface area (Å²) in [6, 6.07) is 4.95. The van der Waals surface area contributed by atoms with E-state index in [0.717, 1.165) is 5.56 Å². The third kappa shape index (κ3) is 4.07. The number of nitro benzene ring substituents is 1. The number of nitrogens with zero attached hydrogens (tertiary/aromatic N) is 2. The summed E-state index contributed by atoms with van der Waals surface area (Å²) in [4.78, 5) is 12.3. The van der Waals surface area contributed by atoms with Gasteiger partial charge in [-0.15, -0.1) is 0 Å². The zero-order chi connectivity index (χ0) is 13.0. The zero-order valence-electron chi connectivity index (χ0n) is 9.76. The molecule has 0 saturated heterocycles. The molecule has 1 aromatic carbocycles. The van der Waals surface area contributed by atoms with Crippen molar-refractivity contribution in [3.05, 3.63) is 38.3 Å². The van der Waals surface area contributed by atoms with Crippen molar-refractivity contribution >= 4 is 21.6 Å². The van der Waals surface area contributed by atoms with E-state index in [1.165, 1.54) is 6.07 Å². The molecule has 0 saturated carbocycles. The number of halogens is 1. The van der Waals surface area contributed by atoms with E-state index < -0.39 is 11.0 Å². The Labute approximate surface area is 108 Å². The number of benzene rings is 1. The van der Waals surface area contributed by atoms with E-state index >= 15 is 0 Å². The highest BCUT2D eigenvalue weighted by Crippen LogP contribution is 2.28. The SMILES string of the molecule is CC(O)CN(C)Cc1cccc([N+](=O)[O-])c1Br. The fourth-order valence-corrected chi connectivity index (χ4v) is 2.17. The third-order valence-corrected chi connectivity index (χ3v) is 3.19. The van der Waals surface area contributed by atoms with Crippen LogP contribution in [0.4, 0.5) is 5.69 Å². The van der Waals surface area contributed by atoms with E-state index in [-0.39, 0.29) is 5.69 Å². The van der Waals surface area contributed by atoms with Gasteiger partial charge in [0.1, 0.15) is 0 Å². The maximum Gasteiger partial charge on any atom is 0.283 e. The van der Waals surface area contributed by atoms with E-state index in [1.807, 2.05) is 18.0 Å². The Morgan fingerprint density at radius 3 is 2.76 bits per heavy atom. The summed E-state index contributed by atoms with van der Waals surface area (Å²) >= 11 is 3.25. The van der Waals surface area contributed by atoms with Gasteiger partial charge in [0.05, 0.1) is 15.5 Å². The molecule has 1 unspecified atom stereocenters. The van der Waals surface area contributed by atoms with Gasteiger partial charge in [-0.05, 0) is 35.5 Å². The molecule has 0 bridgehead atoms. The molecule has 17 heavy (non-hydrogen) atoms. The summed E-state index contributed by atoms with van der Waals surface area (Å²) in [6.07, 6.45) is -0.419. The summed E-state index contributed by atoms with van der Waals surface area (Å²) < 4.78 is 0.502. The second-order valence-electron chi connectivity index (χ2n) is 4.05. The van der Waals surface area contributed by atoms with Crippen molar-refractivity contribution < 1.29 is 10.0 Å². The number of nitro groups is 1. The quantitative estimate of drug-likeness (QED) is 0.669. The van der Waals surface area contributed by atoms with Crippen LogP contribution in [0.1, 0.15) is 12.5 Å². The first-order valence-corrected chi connectivity index (χ1v) is 5.99. The Bertz CT molecular complexity index is 410. The minimum atomic E-state index is -0.419. The zero-order valence-corrected chi connectivity index (χ0v) is 11.3. The fourth-order valence-electron chi connectivity index (χ4n) is 1.64. The standard InChI is InChI=1S/C11H15BrN2O3/c1-8(15)6-13(2)7-9-4-3-5-10(11(9)12)14(16)17/h3-5,8,15H,6-7H2,1-2H3. The highest BCUT2D eigenvalue weighted by molar-refractivity contribution is 9.10. The van der Waals surface area contributed by atoms with Gasteiger partial charge in [0, 0.05) is 19.2 Å². The minimum Gasteiger partial charge on any atom is -0.392 e. The molecule has 0 aliphatic carbocycles. The molecule has 0 amide bonds. The van der Waals surface area contributed by atoms with Gasteiger partial charge in [0.2, 0.25) is 0 Å². The summed E-state index contributed by atoms with van der Waals surface area (Å²) in [5.74, 6) is 0. The molecule has 0 heterocycles. The van der Waals surface area contributed by atoms with Gasteiger partial charge in [-0.3, -0.25) is 15.0 Å². The van der Waals surface area contributed by atoms with Crippen LogP contribution in [0.3, 0.4) is 0 Å². The Balaban J connectivity index is 2.85. The second-order valence-corrected chi connectivity index (χ2v) is 4.85. The monoisotopic (exact) mass is 302 g/mol. The lowest BCUT2D eigenvalue weighted by Crippen LogP contribution is -2.26. The molecule has 1 N–H and O–H groups in total. The molecule has 1 rings (SSSR count). The highest BCUT2D eigenvalue weighted by Gasteiger charge is 2.15. The molecule has 0 radical (unpaired) electrons. The van der Waals surface area contributed by atoms with Crippen LogP contribution in [0.25, 0.3) is 0 Å². The first kappa shape index (κ1) is 14.1. The average Bonchev–Trinajstić information content (AvgIpc) is 2.19. The first-order valence-electron chi connectivity index (χ1n) is 5.20. The third-order valence-electron chi connectivity index (χ3n) is 2.27. The molecule has 5 nitrogen and oxygen atoms in total. The molecule has 1 atom stereocenters. The van der Waals surface area contributed by atoms with Crippen LogP contribution in [0.2, 0.25) is 0 Å². The van der Waals surface area contributed by atoms with E-state index in [1.54, 1.807) is 13.0 Å². The second kappa shape index (κ2) is 6.09. The average molecular weight is 303 g/mol. The van der Waals surface area contributed by atoms with Crippen molar-refractivity contribution in [2.45, 2.75) is 19.6 Å². The molecule has 6 heteroatoms. The number of hydrogen-bond donors (Lipinski definition) is 1. The van der Waals surface area contributed by atoms with Gasteiger partial charge in [0.25, 0.3) is 5.69 Å². The molecule has 0 aromatic heterocycles. The predicted octanol–water partition coefficient (Wildman–Crippen LogP) is 2.17. The minimum absolute atomic E-state index is 0.0629. The van der Waals surface area contributed by atoms with Gasteiger partial charge in [0.15, 0.2) is 0 Å². The smallest absolute Gasteiger partial charge is 0.283 e. The Hall–Kier alpha value is -0.980.